The second kappa shape index (κ2) is 5.60. The van der Waals surface area contributed by atoms with Gasteiger partial charge in [-0.05, 0) is 41.5 Å². The molecule has 0 atom stereocenters. The van der Waals surface area contributed by atoms with E-state index in [2.05, 4.69) is 33.0 Å². The maximum atomic E-state index is 5.99. The van der Waals surface area contributed by atoms with Gasteiger partial charge in [0.15, 0.2) is 0 Å². The van der Waals surface area contributed by atoms with Gasteiger partial charge in [-0.1, -0.05) is 6.07 Å². The van der Waals surface area contributed by atoms with E-state index in [9.17, 15) is 0 Å². The number of aryl methyl sites for hydroxylation is 1. The zero-order valence-electron chi connectivity index (χ0n) is 11.0. The van der Waals surface area contributed by atoms with Crippen LogP contribution >= 0.6 is 22.9 Å². The van der Waals surface area contributed by atoms with E-state index >= 15 is 0 Å². The van der Waals surface area contributed by atoms with E-state index in [-0.39, 0.29) is 0 Å². The number of rotatable bonds is 4. The van der Waals surface area contributed by atoms with Gasteiger partial charge in [-0.2, -0.15) is 4.37 Å². The summed E-state index contributed by atoms with van der Waals surface area (Å²) in [6.45, 7) is 2.91. The summed E-state index contributed by atoms with van der Waals surface area (Å²) >= 11 is 3.14. The van der Waals surface area contributed by atoms with Crippen LogP contribution in [0.1, 0.15) is 10.4 Å². The Hall–Kier alpha value is -1.92. The van der Waals surface area contributed by atoms with Crippen molar-refractivity contribution in [1.29, 1.82) is 0 Å². The normalized spacial score (nSPS) is 10.7. The number of nitrogen functional groups attached to an aromatic ring is 1. The van der Waals surface area contributed by atoms with Gasteiger partial charge in [0.2, 0.25) is 0 Å². The maximum Gasteiger partial charge on any atom is 0.147 e. The van der Waals surface area contributed by atoms with Crippen molar-refractivity contribution in [2.75, 3.05) is 11.1 Å². The Balaban J connectivity index is 1.86. The fraction of sp³-hybridized carbons (Fsp3) is 0.143. The number of pyridine rings is 1. The van der Waals surface area contributed by atoms with Crippen LogP contribution in [0.2, 0.25) is 0 Å². The molecule has 0 aliphatic carbocycles. The van der Waals surface area contributed by atoms with Crippen molar-refractivity contribution < 1.29 is 0 Å². The number of thiophene rings is 1. The average Bonchev–Trinajstić information content (AvgIpc) is 3.03. The number of nitrogens with zero attached hydrogens (tertiary/aromatic N) is 2. The number of anilines is 2. The van der Waals surface area contributed by atoms with Crippen LogP contribution in [0.5, 0.6) is 0 Å². The first kappa shape index (κ1) is 13.1. The molecule has 0 bridgehead atoms. The van der Waals surface area contributed by atoms with Gasteiger partial charge >= 0.3 is 0 Å². The molecule has 0 radical (unpaired) electrons. The molecule has 0 aliphatic heterocycles. The Morgan fingerprint density at radius 2 is 2.25 bits per heavy atom. The number of hydrogen-bond donors (Lipinski definition) is 2. The molecule has 0 unspecified atom stereocenters. The van der Waals surface area contributed by atoms with Gasteiger partial charge in [0.1, 0.15) is 10.8 Å². The topological polar surface area (TPSA) is 63.8 Å². The van der Waals surface area contributed by atoms with Crippen LogP contribution in [0.25, 0.3) is 11.1 Å². The minimum Gasteiger partial charge on any atom is -0.382 e. The maximum absolute atomic E-state index is 5.99. The van der Waals surface area contributed by atoms with Crippen LogP contribution in [-0.4, -0.2) is 9.36 Å². The molecule has 0 aromatic carbocycles. The lowest BCUT2D eigenvalue weighted by Crippen LogP contribution is -1.99. The van der Waals surface area contributed by atoms with Crippen molar-refractivity contribution in [2.45, 2.75) is 13.5 Å². The van der Waals surface area contributed by atoms with Crippen LogP contribution < -0.4 is 11.1 Å². The van der Waals surface area contributed by atoms with Crippen LogP contribution in [0.4, 0.5) is 10.8 Å². The van der Waals surface area contributed by atoms with Crippen molar-refractivity contribution >= 4 is 33.7 Å². The molecule has 3 aromatic rings. The third kappa shape index (κ3) is 2.52. The average molecular weight is 302 g/mol. The lowest BCUT2D eigenvalue weighted by Gasteiger charge is -2.06. The Morgan fingerprint density at radius 1 is 1.35 bits per heavy atom. The van der Waals surface area contributed by atoms with Crippen molar-refractivity contribution in [3.63, 3.8) is 0 Å². The fourth-order valence-electron chi connectivity index (χ4n) is 1.96. The zero-order chi connectivity index (χ0) is 13.9. The molecule has 102 valence electrons. The molecule has 0 fully saturated rings. The Kier molecular flexibility index (Phi) is 3.66. The molecule has 3 aromatic heterocycles. The van der Waals surface area contributed by atoms with E-state index in [1.165, 1.54) is 22.0 Å². The predicted octanol–water partition coefficient (Wildman–Crippen LogP) is 3.77. The van der Waals surface area contributed by atoms with Gasteiger partial charge in [0, 0.05) is 22.8 Å². The summed E-state index contributed by atoms with van der Waals surface area (Å²) in [5.41, 5.74) is 9.23. The predicted molar refractivity (Wildman–Crippen MR) is 86.1 cm³/mol. The highest BCUT2D eigenvalue weighted by molar-refractivity contribution is 7.11. The lowest BCUT2D eigenvalue weighted by atomic mass is 10.1. The Bertz CT molecular complexity index is 703. The van der Waals surface area contributed by atoms with E-state index in [1.807, 2.05) is 18.3 Å². The van der Waals surface area contributed by atoms with Crippen molar-refractivity contribution in [1.82, 2.24) is 9.36 Å². The van der Waals surface area contributed by atoms with Crippen LogP contribution in [0, 0.1) is 6.92 Å². The highest BCUT2D eigenvalue weighted by Gasteiger charge is 2.14. The summed E-state index contributed by atoms with van der Waals surface area (Å²) in [4.78, 5) is 5.47. The number of hydrogen-bond acceptors (Lipinski definition) is 6. The highest BCUT2D eigenvalue weighted by Crippen LogP contribution is 2.36. The fourth-order valence-corrected chi connectivity index (χ4v) is 3.54. The first-order chi connectivity index (χ1) is 9.75. The molecule has 0 aliphatic rings. The first-order valence-corrected chi connectivity index (χ1v) is 7.83. The third-order valence-corrected chi connectivity index (χ3v) is 4.89. The van der Waals surface area contributed by atoms with E-state index in [1.54, 1.807) is 17.5 Å². The van der Waals surface area contributed by atoms with E-state index in [4.69, 9.17) is 5.73 Å². The van der Waals surface area contributed by atoms with Gasteiger partial charge in [-0.15, -0.1) is 11.3 Å². The van der Waals surface area contributed by atoms with Gasteiger partial charge in [0.25, 0.3) is 0 Å². The second-order valence-electron chi connectivity index (χ2n) is 4.39. The molecule has 0 saturated heterocycles. The molecular weight excluding hydrogens is 288 g/mol. The molecule has 0 saturated carbocycles. The van der Waals surface area contributed by atoms with Crippen LogP contribution in [-0.2, 0) is 6.54 Å². The molecule has 3 N–H and O–H groups in total. The SMILES string of the molecule is Cc1ccsc1CNc1snc(N)c1-c1cccnc1. The minimum absolute atomic E-state index is 0.549. The number of nitrogens with one attached hydrogen (secondary N) is 1. The second-order valence-corrected chi connectivity index (χ2v) is 6.17. The van der Waals surface area contributed by atoms with Gasteiger partial charge in [-0.3, -0.25) is 4.98 Å². The molecule has 3 heterocycles. The van der Waals surface area contributed by atoms with E-state index in [0.29, 0.717) is 5.82 Å². The van der Waals surface area contributed by atoms with Crippen molar-refractivity contribution in [2.24, 2.45) is 0 Å². The number of nitrogens with two attached hydrogens (primary N) is 1. The lowest BCUT2D eigenvalue weighted by molar-refractivity contribution is 1.18. The summed E-state index contributed by atoms with van der Waals surface area (Å²) in [5.74, 6) is 0.549. The monoisotopic (exact) mass is 302 g/mol. The molecule has 0 amide bonds. The van der Waals surface area contributed by atoms with Gasteiger partial charge in [-0.25, -0.2) is 0 Å². The molecule has 6 heteroatoms. The molecule has 3 rings (SSSR count). The van der Waals surface area contributed by atoms with E-state index in [0.717, 1.165) is 22.7 Å². The van der Waals surface area contributed by atoms with Gasteiger partial charge in [0.05, 0.1) is 12.1 Å². The summed E-state index contributed by atoms with van der Waals surface area (Å²) in [7, 11) is 0. The highest BCUT2D eigenvalue weighted by atomic mass is 32.1. The van der Waals surface area contributed by atoms with Gasteiger partial charge < -0.3 is 11.1 Å². The summed E-state index contributed by atoms with van der Waals surface area (Å²) in [5, 5.41) is 6.53. The zero-order valence-corrected chi connectivity index (χ0v) is 12.6. The quantitative estimate of drug-likeness (QED) is 0.770. The smallest absolute Gasteiger partial charge is 0.147 e. The largest absolute Gasteiger partial charge is 0.382 e. The molecule has 0 spiro atoms. The Morgan fingerprint density at radius 3 is 2.95 bits per heavy atom. The Labute approximate surface area is 125 Å². The third-order valence-electron chi connectivity index (χ3n) is 3.05. The summed E-state index contributed by atoms with van der Waals surface area (Å²) in [6, 6.07) is 6.03. The van der Waals surface area contributed by atoms with Crippen LogP contribution in [0.3, 0.4) is 0 Å². The van der Waals surface area contributed by atoms with Crippen molar-refractivity contribution in [3.8, 4) is 11.1 Å². The standard InChI is InChI=1S/C14H14N4S2/c1-9-4-6-19-11(9)8-17-14-12(13(15)18-20-14)10-3-2-5-16-7-10/h2-7,17H,8H2,1H3,(H2,15,18). The number of aromatic nitrogens is 2. The first-order valence-electron chi connectivity index (χ1n) is 6.18. The minimum atomic E-state index is 0.549. The van der Waals surface area contributed by atoms with Crippen molar-refractivity contribution in [3.05, 3.63) is 46.4 Å². The van der Waals surface area contributed by atoms with E-state index < -0.39 is 0 Å². The summed E-state index contributed by atoms with van der Waals surface area (Å²) < 4.78 is 4.25. The molecule has 20 heavy (non-hydrogen) atoms. The summed E-state index contributed by atoms with van der Waals surface area (Å²) in [6.07, 6.45) is 3.56. The van der Waals surface area contributed by atoms with Crippen LogP contribution in [0.15, 0.2) is 36.0 Å². The molecular formula is C14H14N4S2. The molecule has 4 nitrogen and oxygen atoms in total.